The molecule has 0 radical (unpaired) electrons. The van der Waals surface area contributed by atoms with Crippen LogP contribution in [0.1, 0.15) is 78.0 Å². The second-order valence-corrected chi connectivity index (χ2v) is 11.8. The van der Waals surface area contributed by atoms with Gasteiger partial charge in [-0.15, -0.1) is 0 Å². The molecular formula is C27H31F5N8O3. The molecule has 3 aromatic heterocycles. The van der Waals surface area contributed by atoms with Crippen LogP contribution in [0, 0.1) is 30.6 Å². The normalized spacial score (nSPS) is 24.1. The van der Waals surface area contributed by atoms with Crippen molar-refractivity contribution in [2.75, 3.05) is 13.1 Å². The van der Waals surface area contributed by atoms with Crippen LogP contribution in [-0.2, 0) is 4.79 Å². The van der Waals surface area contributed by atoms with Gasteiger partial charge in [-0.05, 0) is 61.2 Å². The van der Waals surface area contributed by atoms with E-state index in [0.717, 1.165) is 12.8 Å². The molecule has 43 heavy (non-hydrogen) atoms. The zero-order valence-corrected chi connectivity index (χ0v) is 23.2. The zero-order valence-electron chi connectivity index (χ0n) is 23.2. The van der Waals surface area contributed by atoms with Crippen LogP contribution in [0.4, 0.5) is 22.0 Å². The van der Waals surface area contributed by atoms with Gasteiger partial charge in [-0.1, -0.05) is 5.16 Å². The highest BCUT2D eigenvalue weighted by molar-refractivity contribution is 5.93. The highest BCUT2D eigenvalue weighted by Crippen LogP contribution is 2.43. The highest BCUT2D eigenvalue weighted by Gasteiger charge is 2.50. The average molecular weight is 611 g/mol. The quantitative estimate of drug-likeness (QED) is 0.329. The summed E-state index contributed by atoms with van der Waals surface area (Å²) in [6, 6.07) is 0.421. The fraction of sp³-hybridized carbons (Fsp3) is 0.630. The molecule has 3 fully saturated rings. The zero-order chi connectivity index (χ0) is 30.5. The van der Waals surface area contributed by atoms with Crippen LogP contribution in [0.5, 0.6) is 0 Å². The van der Waals surface area contributed by atoms with E-state index < -0.39 is 47.8 Å². The number of fused-ring (bicyclic) bond motifs is 1. The third kappa shape index (κ3) is 6.19. The van der Waals surface area contributed by atoms with Gasteiger partial charge < -0.3 is 16.0 Å². The molecule has 0 spiro atoms. The van der Waals surface area contributed by atoms with E-state index in [1.165, 1.54) is 10.7 Å². The molecule has 2 aliphatic carbocycles. The number of imidazole rings is 1. The molecular weight excluding hydrogens is 579 g/mol. The number of amides is 2. The molecule has 3 N–H and O–H groups in total. The fourth-order valence-corrected chi connectivity index (χ4v) is 6.17. The molecule has 6 rings (SSSR count). The van der Waals surface area contributed by atoms with Crippen LogP contribution in [0.2, 0.25) is 0 Å². The molecule has 3 aliphatic rings. The predicted molar refractivity (Wildman–Crippen MR) is 139 cm³/mol. The maximum absolute atomic E-state index is 14.0. The van der Waals surface area contributed by atoms with E-state index in [1.54, 1.807) is 19.2 Å². The Morgan fingerprint density at radius 3 is 2.44 bits per heavy atom. The first kappa shape index (κ1) is 29.4. The monoisotopic (exact) mass is 610 g/mol. The molecule has 0 aromatic carbocycles. The Bertz CT molecular complexity index is 1490. The van der Waals surface area contributed by atoms with Crippen molar-refractivity contribution < 1.29 is 36.2 Å². The van der Waals surface area contributed by atoms with E-state index in [-0.39, 0.29) is 62.0 Å². The Labute approximate surface area is 242 Å². The van der Waals surface area contributed by atoms with Crippen molar-refractivity contribution in [2.24, 2.45) is 23.7 Å². The third-order valence-corrected chi connectivity index (χ3v) is 8.79. The van der Waals surface area contributed by atoms with Crippen molar-refractivity contribution in [3.63, 3.8) is 0 Å². The minimum atomic E-state index is -4.49. The van der Waals surface area contributed by atoms with Gasteiger partial charge in [0.25, 0.3) is 5.91 Å². The minimum absolute atomic E-state index is 0.0245. The predicted octanol–water partition coefficient (Wildman–Crippen LogP) is 3.68. The summed E-state index contributed by atoms with van der Waals surface area (Å²) < 4.78 is 74.5. The topological polar surface area (TPSA) is 139 Å². The van der Waals surface area contributed by atoms with Gasteiger partial charge in [-0.25, -0.2) is 22.9 Å². The van der Waals surface area contributed by atoms with E-state index in [4.69, 9.17) is 0 Å². The molecule has 232 valence electrons. The van der Waals surface area contributed by atoms with Crippen LogP contribution in [-0.4, -0.2) is 61.9 Å². The summed E-state index contributed by atoms with van der Waals surface area (Å²) in [5.41, 5.74) is 1.62. The number of aryl methyl sites for hydroxylation is 1. The lowest BCUT2D eigenvalue weighted by Gasteiger charge is -2.33. The molecule has 16 heteroatoms. The van der Waals surface area contributed by atoms with E-state index in [2.05, 4.69) is 41.0 Å². The number of nitrogens with one attached hydrogen (secondary N) is 3. The average Bonchev–Trinajstić information content (AvgIpc) is 3.32. The largest absolute Gasteiger partial charge is 0.393 e. The molecule has 1 saturated heterocycles. The number of carbonyl (C=O) groups excluding carboxylic acids is 2. The van der Waals surface area contributed by atoms with E-state index in [9.17, 15) is 31.5 Å². The second kappa shape index (κ2) is 11.1. The van der Waals surface area contributed by atoms with Crippen molar-refractivity contribution in [3.05, 3.63) is 41.1 Å². The van der Waals surface area contributed by atoms with E-state index in [1.807, 2.05) is 0 Å². The maximum atomic E-state index is 14.0. The summed E-state index contributed by atoms with van der Waals surface area (Å²) in [6.45, 7) is 1.20. The minimum Gasteiger partial charge on any atom is -0.349 e. The molecule has 2 amide bonds. The van der Waals surface area contributed by atoms with Crippen LogP contribution in [0.3, 0.4) is 0 Å². The van der Waals surface area contributed by atoms with Gasteiger partial charge in [0.05, 0.1) is 42.0 Å². The second-order valence-electron chi connectivity index (χ2n) is 11.8. The number of carbonyl (C=O) groups is 2. The summed E-state index contributed by atoms with van der Waals surface area (Å²) in [6.07, 6.45) is -0.0660. The first-order valence-corrected chi connectivity index (χ1v) is 14.3. The number of halogens is 5. The number of alkyl halides is 5. The van der Waals surface area contributed by atoms with Gasteiger partial charge in [-0.3, -0.25) is 9.59 Å². The lowest BCUT2D eigenvalue weighted by molar-refractivity contribution is -0.182. The Balaban J connectivity index is 1.26. The molecule has 4 atom stereocenters. The first-order chi connectivity index (χ1) is 20.4. The van der Waals surface area contributed by atoms with Gasteiger partial charge in [0.15, 0.2) is 11.3 Å². The van der Waals surface area contributed by atoms with Crippen LogP contribution >= 0.6 is 0 Å². The van der Waals surface area contributed by atoms with Gasteiger partial charge in [-0.2, -0.15) is 18.3 Å². The van der Waals surface area contributed by atoms with E-state index >= 15 is 0 Å². The van der Waals surface area contributed by atoms with Crippen molar-refractivity contribution >= 4 is 17.5 Å². The lowest BCUT2D eigenvalue weighted by atomic mass is 9.81. The number of nitrogens with zero attached hydrogens (tertiary/aromatic N) is 5. The van der Waals surface area contributed by atoms with Gasteiger partial charge in [0.2, 0.25) is 11.8 Å². The van der Waals surface area contributed by atoms with Gasteiger partial charge in [0.1, 0.15) is 5.69 Å². The highest BCUT2D eigenvalue weighted by atomic mass is 19.4. The van der Waals surface area contributed by atoms with Crippen molar-refractivity contribution in [1.82, 2.24) is 40.9 Å². The summed E-state index contributed by atoms with van der Waals surface area (Å²) >= 11 is 0. The number of aromatic nitrogens is 5. The van der Waals surface area contributed by atoms with Crippen molar-refractivity contribution in [1.29, 1.82) is 0 Å². The Kier molecular flexibility index (Phi) is 7.59. The molecule has 1 aliphatic heterocycles. The van der Waals surface area contributed by atoms with Crippen LogP contribution in [0.25, 0.3) is 5.65 Å². The SMILES string of the molecule is Cc1nonc1C(=O)N[C@H](c1cn2ncc(C(NC(=O)[C@@H]3CNC[C@H]3C(F)(F)F)C3CC3)cc2n1)C1CCC(F)(F)CC1. The fourth-order valence-electron chi connectivity index (χ4n) is 6.17. The number of hydrogen-bond acceptors (Lipinski definition) is 8. The van der Waals surface area contributed by atoms with Crippen molar-refractivity contribution in [2.45, 2.75) is 69.6 Å². The van der Waals surface area contributed by atoms with E-state index in [0.29, 0.717) is 16.9 Å². The maximum Gasteiger partial charge on any atom is 0.393 e. The van der Waals surface area contributed by atoms with Crippen LogP contribution < -0.4 is 16.0 Å². The Morgan fingerprint density at radius 1 is 1.07 bits per heavy atom. The molecule has 3 aromatic rings. The molecule has 1 unspecified atom stereocenters. The van der Waals surface area contributed by atoms with Crippen molar-refractivity contribution in [3.8, 4) is 0 Å². The third-order valence-electron chi connectivity index (χ3n) is 8.79. The standard InChI is InChI=1S/C27H31F5N8O3/c1-13-21(39-43-38-13)25(42)37-23(15-4-6-26(28,29)7-5-15)19-12-40-20(35-19)8-16(9-34-40)22(14-2-3-14)36-24(41)17-10-33-11-18(17)27(30,31)32/h8-9,12,14-15,17-18,22-23,33H,2-7,10-11H2,1H3,(H,36,41)(H,37,42)/t17-,18-,22?,23+/m1/s1. The molecule has 2 saturated carbocycles. The molecule has 0 bridgehead atoms. The molecule has 4 heterocycles. The summed E-state index contributed by atoms with van der Waals surface area (Å²) in [5.74, 6) is -7.29. The number of hydrogen-bond donors (Lipinski definition) is 3. The summed E-state index contributed by atoms with van der Waals surface area (Å²) in [7, 11) is 0. The lowest BCUT2D eigenvalue weighted by Crippen LogP contribution is -2.42. The van der Waals surface area contributed by atoms with Crippen LogP contribution in [0.15, 0.2) is 23.1 Å². The van der Waals surface area contributed by atoms with Gasteiger partial charge >= 0.3 is 6.18 Å². The first-order valence-electron chi connectivity index (χ1n) is 14.3. The Hall–Kier alpha value is -3.69. The van der Waals surface area contributed by atoms with Gasteiger partial charge in [0, 0.05) is 25.9 Å². The summed E-state index contributed by atoms with van der Waals surface area (Å²) in [4.78, 5) is 30.7. The molecule has 11 nitrogen and oxygen atoms in total. The Morgan fingerprint density at radius 2 is 1.79 bits per heavy atom. The number of rotatable bonds is 8. The summed E-state index contributed by atoms with van der Waals surface area (Å²) in [5, 5.41) is 20.1. The smallest absolute Gasteiger partial charge is 0.349 e.